The van der Waals surface area contributed by atoms with Crippen LogP contribution in [0.2, 0.25) is 0 Å². The van der Waals surface area contributed by atoms with Crippen LogP contribution in [0.4, 0.5) is 8.78 Å². The lowest BCUT2D eigenvalue weighted by molar-refractivity contribution is 0.00812. The molecule has 0 bridgehead atoms. The molecule has 158 valence electrons. The van der Waals surface area contributed by atoms with Gasteiger partial charge >= 0.3 is 0 Å². The number of benzene rings is 3. The Labute approximate surface area is 182 Å². The third-order valence-electron chi connectivity index (χ3n) is 6.15. The molecule has 0 aliphatic carbocycles. The monoisotopic (exact) mass is 416 g/mol. The second-order valence-electron chi connectivity index (χ2n) is 8.87. The highest BCUT2D eigenvalue weighted by molar-refractivity contribution is 5.38. The molecule has 0 saturated carbocycles. The zero-order valence-electron chi connectivity index (χ0n) is 17.8. The third kappa shape index (κ3) is 4.52. The highest BCUT2D eigenvalue weighted by Crippen LogP contribution is 2.45. The Kier molecular flexibility index (Phi) is 5.89. The fourth-order valence-electron chi connectivity index (χ4n) is 4.94. The predicted octanol–water partition coefficient (Wildman–Crippen LogP) is 6.25. The zero-order valence-corrected chi connectivity index (χ0v) is 17.8. The Balaban J connectivity index is 1.63. The fraction of sp³-hybridized carbons (Fsp3) is 0.296. The van der Waals surface area contributed by atoms with Gasteiger partial charge in [-0.1, -0.05) is 60.7 Å². The number of rotatable bonds is 6. The molecule has 0 aromatic heterocycles. The van der Waals surface area contributed by atoms with Crippen molar-refractivity contribution in [2.45, 2.75) is 31.5 Å². The molecular weight excluding hydrogens is 390 g/mol. The zero-order chi connectivity index (χ0) is 22.0. The van der Waals surface area contributed by atoms with Crippen LogP contribution in [-0.4, -0.2) is 23.7 Å². The van der Waals surface area contributed by atoms with Crippen LogP contribution >= 0.6 is 0 Å². The molecule has 1 aliphatic heterocycles. The first-order chi connectivity index (χ1) is 14.9. The van der Waals surface area contributed by atoms with Gasteiger partial charge in [-0.05, 0) is 54.7 Å². The summed E-state index contributed by atoms with van der Waals surface area (Å²) < 4.78 is 29.4. The third-order valence-corrected chi connectivity index (χ3v) is 6.15. The molecular formula is C27H26F2N2. The van der Waals surface area contributed by atoms with Gasteiger partial charge in [-0.3, -0.25) is 4.90 Å². The maximum atomic E-state index is 15.3. The van der Waals surface area contributed by atoms with Crippen LogP contribution in [0.1, 0.15) is 48.1 Å². The number of hydrogen-bond donors (Lipinski definition) is 0. The summed E-state index contributed by atoms with van der Waals surface area (Å²) in [5.74, 6) is -0.951. The minimum atomic E-state index is -1.54. The van der Waals surface area contributed by atoms with E-state index >= 15 is 4.39 Å². The lowest BCUT2D eigenvalue weighted by atomic mass is 9.72. The van der Waals surface area contributed by atoms with Crippen LogP contribution in [0, 0.1) is 23.1 Å². The Bertz CT molecular complexity index is 1020. The van der Waals surface area contributed by atoms with E-state index in [4.69, 9.17) is 0 Å². The van der Waals surface area contributed by atoms with E-state index in [1.165, 1.54) is 23.3 Å². The minimum absolute atomic E-state index is 0.0308. The van der Waals surface area contributed by atoms with E-state index in [1.54, 1.807) is 19.9 Å². The molecule has 2 nitrogen and oxygen atoms in total. The van der Waals surface area contributed by atoms with E-state index in [1.807, 2.05) is 42.5 Å². The summed E-state index contributed by atoms with van der Waals surface area (Å²) in [7, 11) is 0. The molecule has 1 saturated heterocycles. The van der Waals surface area contributed by atoms with Crippen LogP contribution in [0.3, 0.4) is 0 Å². The Morgan fingerprint density at radius 2 is 1.45 bits per heavy atom. The first kappa shape index (κ1) is 21.2. The highest BCUT2D eigenvalue weighted by Gasteiger charge is 2.45. The molecule has 1 fully saturated rings. The van der Waals surface area contributed by atoms with Crippen LogP contribution in [0.5, 0.6) is 0 Å². The maximum absolute atomic E-state index is 15.3. The molecule has 3 aromatic rings. The summed E-state index contributed by atoms with van der Waals surface area (Å²) >= 11 is 0. The lowest BCUT2D eigenvalue weighted by Gasteiger charge is -2.50. The number of alkyl halides is 1. The van der Waals surface area contributed by atoms with Gasteiger partial charge in [0, 0.05) is 19.0 Å². The standard InChI is InChI=1S/C27H26F2N2/c1-27(2,29)25(22-13-19(16-30)14-24(28)15-22)23-17-31(18-23)26(20-9-5-3-6-10-20)21-11-7-4-8-12-21/h3-15,23,25-26H,17-18H2,1-2H3/t25-/m0/s1. The predicted molar refractivity (Wildman–Crippen MR) is 119 cm³/mol. The molecule has 4 heteroatoms. The Morgan fingerprint density at radius 1 is 0.903 bits per heavy atom. The molecule has 1 heterocycles. The molecule has 0 N–H and O–H groups in total. The van der Waals surface area contributed by atoms with Crippen LogP contribution in [0.15, 0.2) is 78.9 Å². The molecule has 0 spiro atoms. The largest absolute Gasteiger partial charge is 0.292 e. The highest BCUT2D eigenvalue weighted by atomic mass is 19.1. The van der Waals surface area contributed by atoms with Gasteiger partial charge in [-0.2, -0.15) is 5.26 Å². The molecule has 0 amide bonds. The number of halogens is 2. The van der Waals surface area contributed by atoms with Crippen molar-refractivity contribution in [1.82, 2.24) is 4.90 Å². The van der Waals surface area contributed by atoms with Gasteiger partial charge in [-0.25, -0.2) is 8.78 Å². The Hall–Kier alpha value is -3.03. The first-order valence-corrected chi connectivity index (χ1v) is 10.6. The Morgan fingerprint density at radius 3 is 1.94 bits per heavy atom. The fourth-order valence-corrected chi connectivity index (χ4v) is 4.94. The van der Waals surface area contributed by atoms with Crippen LogP contribution in [0.25, 0.3) is 0 Å². The average molecular weight is 417 g/mol. The number of nitrogens with zero attached hydrogens (tertiary/aromatic N) is 2. The van der Waals surface area contributed by atoms with Gasteiger partial charge in [0.15, 0.2) is 0 Å². The summed E-state index contributed by atoms with van der Waals surface area (Å²) in [4.78, 5) is 2.35. The van der Waals surface area contributed by atoms with E-state index in [0.29, 0.717) is 18.7 Å². The molecule has 0 unspecified atom stereocenters. The number of hydrogen-bond acceptors (Lipinski definition) is 2. The van der Waals surface area contributed by atoms with E-state index < -0.39 is 17.4 Å². The molecule has 4 rings (SSSR count). The van der Waals surface area contributed by atoms with Gasteiger partial charge < -0.3 is 0 Å². The molecule has 31 heavy (non-hydrogen) atoms. The van der Waals surface area contributed by atoms with Crippen LogP contribution in [-0.2, 0) is 0 Å². The summed E-state index contributed by atoms with van der Waals surface area (Å²) in [5, 5.41) is 9.23. The van der Waals surface area contributed by atoms with Crippen molar-refractivity contribution in [1.29, 1.82) is 5.26 Å². The van der Waals surface area contributed by atoms with E-state index in [-0.39, 0.29) is 17.5 Å². The first-order valence-electron chi connectivity index (χ1n) is 10.6. The van der Waals surface area contributed by atoms with E-state index in [0.717, 1.165) is 0 Å². The van der Waals surface area contributed by atoms with Crippen LogP contribution < -0.4 is 0 Å². The molecule has 1 aliphatic rings. The van der Waals surface area contributed by atoms with Gasteiger partial charge in [0.25, 0.3) is 0 Å². The smallest absolute Gasteiger partial charge is 0.124 e. The minimum Gasteiger partial charge on any atom is -0.292 e. The normalized spacial score (nSPS) is 16.0. The lowest BCUT2D eigenvalue weighted by Crippen LogP contribution is -2.53. The van der Waals surface area contributed by atoms with Gasteiger partial charge in [0.1, 0.15) is 11.5 Å². The van der Waals surface area contributed by atoms with Gasteiger partial charge in [0.2, 0.25) is 0 Å². The molecule has 3 aromatic carbocycles. The van der Waals surface area contributed by atoms with Crippen molar-refractivity contribution in [3.63, 3.8) is 0 Å². The SMILES string of the molecule is CC(C)(F)[C@@H](c1cc(F)cc(C#N)c1)C1CN(C(c2ccccc2)c2ccccc2)C1. The van der Waals surface area contributed by atoms with Crippen molar-refractivity contribution in [3.8, 4) is 6.07 Å². The summed E-state index contributed by atoms with van der Waals surface area (Å²) in [6.45, 7) is 4.49. The van der Waals surface area contributed by atoms with Gasteiger partial charge in [0.05, 0.1) is 17.7 Å². The summed E-state index contributed by atoms with van der Waals surface area (Å²) in [6.07, 6.45) is 0. The second-order valence-corrected chi connectivity index (χ2v) is 8.87. The van der Waals surface area contributed by atoms with E-state index in [2.05, 4.69) is 29.2 Å². The second kappa shape index (κ2) is 8.61. The molecule has 0 radical (unpaired) electrons. The topological polar surface area (TPSA) is 27.0 Å². The van der Waals surface area contributed by atoms with Crippen molar-refractivity contribution < 1.29 is 8.78 Å². The van der Waals surface area contributed by atoms with Crippen molar-refractivity contribution >= 4 is 0 Å². The molecule has 1 atom stereocenters. The van der Waals surface area contributed by atoms with Crippen molar-refractivity contribution in [3.05, 3.63) is 107 Å². The van der Waals surface area contributed by atoms with Crippen molar-refractivity contribution in [2.24, 2.45) is 5.92 Å². The maximum Gasteiger partial charge on any atom is 0.124 e. The number of likely N-dealkylation sites (tertiary alicyclic amines) is 1. The summed E-state index contributed by atoms with van der Waals surface area (Å²) in [5.41, 5.74) is 1.64. The number of nitriles is 1. The van der Waals surface area contributed by atoms with E-state index in [9.17, 15) is 9.65 Å². The average Bonchev–Trinajstić information content (AvgIpc) is 2.72. The van der Waals surface area contributed by atoms with Gasteiger partial charge in [-0.15, -0.1) is 0 Å². The summed E-state index contributed by atoms with van der Waals surface area (Å²) in [6, 6.07) is 26.9. The van der Waals surface area contributed by atoms with Crippen molar-refractivity contribution in [2.75, 3.05) is 13.1 Å². The quantitative estimate of drug-likeness (QED) is 0.475.